The molecular formula is C15H22N2O3. The maximum atomic E-state index is 12.4. The van der Waals surface area contributed by atoms with Crippen molar-refractivity contribution in [2.75, 3.05) is 19.6 Å². The molecule has 5 heteroatoms. The Labute approximate surface area is 119 Å². The van der Waals surface area contributed by atoms with Crippen LogP contribution in [0.4, 0.5) is 0 Å². The number of benzene rings is 1. The number of piperidine rings is 1. The number of carbonyl (C=O) groups excluding carboxylic acids is 1. The molecule has 1 heterocycles. The summed E-state index contributed by atoms with van der Waals surface area (Å²) in [6.07, 6.45) is 3.15. The Morgan fingerprint density at radius 2 is 2.20 bits per heavy atom. The van der Waals surface area contributed by atoms with Crippen LogP contribution in [0.25, 0.3) is 0 Å². The second kappa shape index (κ2) is 6.61. The standard InChI is InChI=1S/C15H22N2O3/c1-2-7-16-12-4-3-8-17(10-12)15(20)11-5-6-13(18)14(19)9-11/h5-6,9,12,16,18-19H,2-4,7-8,10H2,1H3. The van der Waals surface area contributed by atoms with Crippen molar-refractivity contribution in [3.8, 4) is 11.5 Å². The van der Waals surface area contributed by atoms with Gasteiger partial charge >= 0.3 is 0 Å². The molecule has 0 saturated carbocycles. The van der Waals surface area contributed by atoms with Crippen LogP contribution in [0.5, 0.6) is 11.5 Å². The van der Waals surface area contributed by atoms with Crippen LogP contribution in [0.3, 0.4) is 0 Å². The highest BCUT2D eigenvalue weighted by Crippen LogP contribution is 2.26. The number of likely N-dealkylation sites (tertiary alicyclic amines) is 1. The Balaban J connectivity index is 2.02. The lowest BCUT2D eigenvalue weighted by Crippen LogP contribution is -2.48. The van der Waals surface area contributed by atoms with Gasteiger partial charge in [-0.3, -0.25) is 4.79 Å². The van der Waals surface area contributed by atoms with Crippen LogP contribution in [0.2, 0.25) is 0 Å². The summed E-state index contributed by atoms with van der Waals surface area (Å²) in [5.74, 6) is -0.556. The van der Waals surface area contributed by atoms with E-state index in [1.807, 2.05) is 4.90 Å². The molecule has 5 nitrogen and oxygen atoms in total. The first-order valence-corrected chi connectivity index (χ1v) is 7.16. The fourth-order valence-corrected chi connectivity index (χ4v) is 2.52. The van der Waals surface area contributed by atoms with E-state index >= 15 is 0 Å². The summed E-state index contributed by atoms with van der Waals surface area (Å²) in [5.41, 5.74) is 0.413. The largest absolute Gasteiger partial charge is 0.504 e. The van der Waals surface area contributed by atoms with Crippen molar-refractivity contribution in [2.45, 2.75) is 32.2 Å². The van der Waals surface area contributed by atoms with E-state index in [-0.39, 0.29) is 17.4 Å². The highest BCUT2D eigenvalue weighted by molar-refractivity contribution is 5.95. The summed E-state index contributed by atoms with van der Waals surface area (Å²) in [5, 5.41) is 22.2. The summed E-state index contributed by atoms with van der Waals surface area (Å²) in [6.45, 7) is 4.52. The van der Waals surface area contributed by atoms with Crippen molar-refractivity contribution in [2.24, 2.45) is 0 Å². The lowest BCUT2D eigenvalue weighted by atomic mass is 10.0. The Bertz CT molecular complexity index is 476. The molecule has 3 N–H and O–H groups in total. The molecule has 1 aromatic rings. The van der Waals surface area contributed by atoms with Gasteiger partial charge in [-0.15, -0.1) is 0 Å². The van der Waals surface area contributed by atoms with Gasteiger partial charge in [-0.05, 0) is 44.0 Å². The number of phenolic OH excluding ortho intramolecular Hbond substituents is 2. The number of nitrogens with zero attached hydrogens (tertiary/aromatic N) is 1. The van der Waals surface area contributed by atoms with Crippen LogP contribution in [0.1, 0.15) is 36.5 Å². The number of phenols is 2. The minimum atomic E-state index is -0.256. The third kappa shape index (κ3) is 3.42. The highest BCUT2D eigenvalue weighted by Gasteiger charge is 2.24. The molecule has 0 radical (unpaired) electrons. The second-order valence-electron chi connectivity index (χ2n) is 5.25. The zero-order chi connectivity index (χ0) is 14.5. The van der Waals surface area contributed by atoms with E-state index < -0.39 is 0 Å². The first-order chi connectivity index (χ1) is 9.61. The van der Waals surface area contributed by atoms with Gasteiger partial charge in [-0.2, -0.15) is 0 Å². The van der Waals surface area contributed by atoms with Crippen LogP contribution in [-0.4, -0.2) is 46.7 Å². The van der Waals surface area contributed by atoms with Crippen LogP contribution >= 0.6 is 0 Å². The van der Waals surface area contributed by atoms with Crippen molar-refractivity contribution in [3.63, 3.8) is 0 Å². The Hall–Kier alpha value is -1.75. The van der Waals surface area contributed by atoms with E-state index in [9.17, 15) is 15.0 Å². The van der Waals surface area contributed by atoms with E-state index in [1.165, 1.54) is 12.1 Å². The number of amides is 1. The zero-order valence-corrected chi connectivity index (χ0v) is 11.8. The van der Waals surface area contributed by atoms with E-state index in [0.717, 1.165) is 32.4 Å². The van der Waals surface area contributed by atoms with Crippen LogP contribution in [0.15, 0.2) is 18.2 Å². The smallest absolute Gasteiger partial charge is 0.254 e. The molecule has 1 amide bonds. The number of rotatable bonds is 4. The van der Waals surface area contributed by atoms with Gasteiger partial charge in [-0.1, -0.05) is 6.92 Å². The van der Waals surface area contributed by atoms with Crippen LogP contribution in [-0.2, 0) is 0 Å². The SMILES string of the molecule is CCCNC1CCCN(C(=O)c2ccc(O)c(O)c2)C1. The fourth-order valence-electron chi connectivity index (χ4n) is 2.52. The predicted molar refractivity (Wildman–Crippen MR) is 77.0 cm³/mol. The second-order valence-corrected chi connectivity index (χ2v) is 5.25. The zero-order valence-electron chi connectivity index (χ0n) is 11.8. The highest BCUT2D eigenvalue weighted by atomic mass is 16.3. The molecule has 0 spiro atoms. The molecule has 0 aliphatic carbocycles. The van der Waals surface area contributed by atoms with E-state index in [4.69, 9.17) is 0 Å². The van der Waals surface area contributed by atoms with Crippen molar-refractivity contribution in [3.05, 3.63) is 23.8 Å². The quantitative estimate of drug-likeness (QED) is 0.733. The van der Waals surface area contributed by atoms with E-state index in [0.29, 0.717) is 18.2 Å². The van der Waals surface area contributed by atoms with Crippen LogP contribution in [0, 0.1) is 0 Å². The number of hydrogen-bond acceptors (Lipinski definition) is 4. The van der Waals surface area contributed by atoms with Crippen LogP contribution < -0.4 is 5.32 Å². The van der Waals surface area contributed by atoms with Gasteiger partial charge in [0.05, 0.1) is 0 Å². The first-order valence-electron chi connectivity index (χ1n) is 7.16. The van der Waals surface area contributed by atoms with Gasteiger partial charge in [0.1, 0.15) is 0 Å². The molecular weight excluding hydrogens is 256 g/mol. The summed E-state index contributed by atoms with van der Waals surface area (Å²) >= 11 is 0. The van der Waals surface area contributed by atoms with Gasteiger partial charge in [0.25, 0.3) is 5.91 Å². The maximum Gasteiger partial charge on any atom is 0.254 e. The number of carbonyl (C=O) groups is 1. The minimum Gasteiger partial charge on any atom is -0.504 e. The molecule has 1 aliphatic rings. The lowest BCUT2D eigenvalue weighted by molar-refractivity contribution is 0.0694. The van der Waals surface area contributed by atoms with Crippen molar-refractivity contribution in [1.82, 2.24) is 10.2 Å². The monoisotopic (exact) mass is 278 g/mol. The molecule has 2 rings (SSSR count). The Kier molecular flexibility index (Phi) is 4.84. The molecule has 20 heavy (non-hydrogen) atoms. The van der Waals surface area contributed by atoms with E-state index in [2.05, 4.69) is 12.2 Å². The summed E-state index contributed by atoms with van der Waals surface area (Å²) in [4.78, 5) is 14.2. The molecule has 1 unspecified atom stereocenters. The molecule has 110 valence electrons. The lowest BCUT2D eigenvalue weighted by Gasteiger charge is -2.33. The minimum absolute atomic E-state index is 0.0942. The Morgan fingerprint density at radius 1 is 1.40 bits per heavy atom. The van der Waals surface area contributed by atoms with Gasteiger partial charge in [-0.25, -0.2) is 0 Å². The molecule has 0 bridgehead atoms. The number of nitrogens with one attached hydrogen (secondary N) is 1. The maximum absolute atomic E-state index is 12.4. The van der Waals surface area contributed by atoms with E-state index in [1.54, 1.807) is 6.07 Å². The number of hydrogen-bond donors (Lipinski definition) is 3. The average Bonchev–Trinajstić information content (AvgIpc) is 2.47. The van der Waals surface area contributed by atoms with Crippen molar-refractivity contribution in [1.29, 1.82) is 0 Å². The normalized spacial score (nSPS) is 19.1. The van der Waals surface area contributed by atoms with Crippen molar-refractivity contribution < 1.29 is 15.0 Å². The van der Waals surface area contributed by atoms with Gasteiger partial charge in [0.15, 0.2) is 11.5 Å². The predicted octanol–water partition coefficient (Wildman–Crippen LogP) is 1.70. The average molecular weight is 278 g/mol. The van der Waals surface area contributed by atoms with Gasteiger partial charge in [0.2, 0.25) is 0 Å². The fraction of sp³-hybridized carbons (Fsp3) is 0.533. The topological polar surface area (TPSA) is 72.8 Å². The molecule has 1 aliphatic heterocycles. The van der Waals surface area contributed by atoms with Crippen molar-refractivity contribution >= 4 is 5.91 Å². The summed E-state index contributed by atoms with van der Waals surface area (Å²) < 4.78 is 0. The third-order valence-corrected chi connectivity index (χ3v) is 3.61. The third-order valence-electron chi connectivity index (χ3n) is 3.61. The first kappa shape index (κ1) is 14.7. The molecule has 0 aromatic heterocycles. The van der Waals surface area contributed by atoms with Gasteiger partial charge in [0, 0.05) is 24.7 Å². The number of aromatic hydroxyl groups is 2. The molecule has 1 atom stereocenters. The summed E-state index contributed by atoms with van der Waals surface area (Å²) in [7, 11) is 0. The summed E-state index contributed by atoms with van der Waals surface area (Å²) in [6, 6.07) is 4.55. The Morgan fingerprint density at radius 3 is 2.90 bits per heavy atom. The molecule has 1 saturated heterocycles. The molecule has 1 fully saturated rings. The molecule has 1 aromatic carbocycles. The van der Waals surface area contributed by atoms with Gasteiger partial charge < -0.3 is 20.4 Å².